The van der Waals surface area contributed by atoms with E-state index >= 15 is 0 Å². The van der Waals surface area contributed by atoms with Crippen molar-refractivity contribution in [3.8, 4) is 0 Å². The third-order valence-electron chi connectivity index (χ3n) is 3.07. The molecule has 1 aromatic heterocycles. The molecular weight excluding hydrogens is 339 g/mol. The lowest BCUT2D eigenvalue weighted by atomic mass is 10.0. The van der Waals surface area contributed by atoms with E-state index in [1.807, 2.05) is 19.1 Å². The van der Waals surface area contributed by atoms with E-state index in [2.05, 4.69) is 38.5 Å². The van der Waals surface area contributed by atoms with Gasteiger partial charge in [0.15, 0.2) is 0 Å². The number of aromatic nitrogens is 1. The van der Waals surface area contributed by atoms with Crippen molar-refractivity contribution < 1.29 is 4.39 Å². The molecule has 0 fully saturated rings. The molecule has 1 heterocycles. The van der Waals surface area contributed by atoms with E-state index in [0.717, 1.165) is 35.7 Å². The molecule has 0 radical (unpaired) electrons. The van der Waals surface area contributed by atoms with E-state index in [-0.39, 0.29) is 11.9 Å². The van der Waals surface area contributed by atoms with E-state index in [9.17, 15) is 4.39 Å². The smallest absolute Gasteiger partial charge is 0.137 e. The van der Waals surface area contributed by atoms with Crippen LogP contribution in [0.5, 0.6) is 0 Å². The fourth-order valence-electron chi connectivity index (χ4n) is 2.07. The number of thiazole rings is 1. The van der Waals surface area contributed by atoms with Gasteiger partial charge in [0.1, 0.15) is 5.82 Å². The minimum absolute atomic E-state index is 0.161. The van der Waals surface area contributed by atoms with Crippen molar-refractivity contribution in [3.05, 3.63) is 50.1 Å². The van der Waals surface area contributed by atoms with Gasteiger partial charge in [-0.25, -0.2) is 9.37 Å². The minimum atomic E-state index is -0.229. The summed E-state index contributed by atoms with van der Waals surface area (Å²) < 4.78 is 13.9. The second-order valence-corrected chi connectivity index (χ2v) is 6.66. The molecule has 108 valence electrons. The predicted octanol–water partition coefficient (Wildman–Crippen LogP) is 4.64. The Morgan fingerprint density at radius 3 is 2.85 bits per heavy atom. The van der Waals surface area contributed by atoms with Gasteiger partial charge in [0, 0.05) is 17.8 Å². The molecule has 2 rings (SSSR count). The first-order valence-electron chi connectivity index (χ1n) is 6.69. The minimum Gasteiger partial charge on any atom is -0.310 e. The average Bonchev–Trinajstić information content (AvgIpc) is 2.83. The number of nitrogens with zero attached hydrogens (tertiary/aromatic N) is 1. The van der Waals surface area contributed by atoms with Crippen LogP contribution in [0.15, 0.2) is 28.1 Å². The van der Waals surface area contributed by atoms with Crippen LogP contribution in [0.4, 0.5) is 4.39 Å². The van der Waals surface area contributed by atoms with Crippen LogP contribution in [0, 0.1) is 12.7 Å². The number of halogens is 2. The molecule has 1 unspecified atom stereocenters. The third kappa shape index (κ3) is 4.11. The van der Waals surface area contributed by atoms with Crippen LogP contribution in [0.25, 0.3) is 0 Å². The summed E-state index contributed by atoms with van der Waals surface area (Å²) in [6.07, 6.45) is 1.89. The highest BCUT2D eigenvalue weighted by atomic mass is 79.9. The molecule has 2 nitrogen and oxygen atoms in total. The summed E-state index contributed by atoms with van der Waals surface area (Å²) in [5, 5.41) is 6.68. The summed E-state index contributed by atoms with van der Waals surface area (Å²) in [5.41, 5.74) is 2.17. The highest BCUT2D eigenvalue weighted by Gasteiger charge is 2.14. The maximum absolute atomic E-state index is 13.4. The lowest BCUT2D eigenvalue weighted by molar-refractivity contribution is 0.523. The SMILES string of the molecule is CCCNC(Cc1csc(C)n1)c1ccc(F)c(Br)c1. The molecular formula is C15H18BrFN2S. The molecule has 0 aliphatic carbocycles. The summed E-state index contributed by atoms with van der Waals surface area (Å²) in [6, 6.07) is 5.36. The van der Waals surface area contributed by atoms with E-state index in [0.29, 0.717) is 4.47 Å². The van der Waals surface area contributed by atoms with E-state index in [1.165, 1.54) is 6.07 Å². The maximum atomic E-state index is 13.4. The van der Waals surface area contributed by atoms with E-state index in [1.54, 1.807) is 11.3 Å². The Hall–Kier alpha value is -0.780. The first-order chi connectivity index (χ1) is 9.60. The van der Waals surface area contributed by atoms with Crippen molar-refractivity contribution in [1.82, 2.24) is 10.3 Å². The molecule has 1 atom stereocenters. The molecule has 2 aromatic rings. The fraction of sp³-hybridized carbons (Fsp3) is 0.400. The van der Waals surface area contributed by atoms with Crippen LogP contribution in [0.1, 0.15) is 35.7 Å². The lowest BCUT2D eigenvalue weighted by Crippen LogP contribution is -2.24. The molecule has 0 saturated heterocycles. The van der Waals surface area contributed by atoms with Gasteiger partial charge < -0.3 is 5.32 Å². The van der Waals surface area contributed by atoms with Gasteiger partial charge >= 0.3 is 0 Å². The van der Waals surface area contributed by atoms with Crippen molar-refractivity contribution >= 4 is 27.3 Å². The highest BCUT2D eigenvalue weighted by Crippen LogP contribution is 2.24. The van der Waals surface area contributed by atoms with Crippen LogP contribution in [0.3, 0.4) is 0 Å². The van der Waals surface area contributed by atoms with Crippen LogP contribution in [0.2, 0.25) is 0 Å². The maximum Gasteiger partial charge on any atom is 0.137 e. The first kappa shape index (κ1) is 15.6. The number of hydrogen-bond donors (Lipinski definition) is 1. The number of nitrogens with one attached hydrogen (secondary N) is 1. The molecule has 20 heavy (non-hydrogen) atoms. The van der Waals surface area contributed by atoms with Gasteiger partial charge in [0.05, 0.1) is 15.2 Å². The van der Waals surface area contributed by atoms with Crippen LogP contribution in [-0.2, 0) is 6.42 Å². The Morgan fingerprint density at radius 1 is 1.45 bits per heavy atom. The summed E-state index contributed by atoms with van der Waals surface area (Å²) >= 11 is 4.92. The predicted molar refractivity (Wildman–Crippen MR) is 85.7 cm³/mol. The molecule has 0 bridgehead atoms. The zero-order valence-electron chi connectivity index (χ0n) is 11.6. The molecule has 0 aliphatic rings. The molecule has 0 saturated carbocycles. The summed E-state index contributed by atoms with van der Waals surface area (Å²) in [5.74, 6) is -0.229. The van der Waals surface area contributed by atoms with Crippen molar-refractivity contribution in [3.63, 3.8) is 0 Å². The Bertz CT molecular complexity index is 571. The van der Waals surface area contributed by atoms with Crippen molar-refractivity contribution in [2.45, 2.75) is 32.7 Å². The van der Waals surface area contributed by atoms with Crippen molar-refractivity contribution in [1.29, 1.82) is 0 Å². The summed E-state index contributed by atoms with van der Waals surface area (Å²) in [4.78, 5) is 4.52. The Morgan fingerprint density at radius 2 is 2.25 bits per heavy atom. The molecule has 0 aliphatic heterocycles. The second-order valence-electron chi connectivity index (χ2n) is 4.74. The quantitative estimate of drug-likeness (QED) is 0.815. The van der Waals surface area contributed by atoms with Gasteiger partial charge in [-0.15, -0.1) is 11.3 Å². The number of hydrogen-bond acceptors (Lipinski definition) is 3. The zero-order chi connectivity index (χ0) is 14.5. The summed E-state index contributed by atoms with van der Waals surface area (Å²) in [6.45, 7) is 5.08. The Labute approximate surface area is 131 Å². The topological polar surface area (TPSA) is 24.9 Å². The van der Waals surface area contributed by atoms with Crippen LogP contribution < -0.4 is 5.32 Å². The number of benzene rings is 1. The van der Waals surface area contributed by atoms with Crippen LogP contribution >= 0.6 is 27.3 Å². The van der Waals surface area contributed by atoms with Gasteiger partial charge in [-0.3, -0.25) is 0 Å². The highest BCUT2D eigenvalue weighted by molar-refractivity contribution is 9.10. The third-order valence-corrected chi connectivity index (χ3v) is 4.50. The van der Waals surface area contributed by atoms with Gasteiger partial charge in [0.2, 0.25) is 0 Å². The van der Waals surface area contributed by atoms with Gasteiger partial charge in [-0.2, -0.15) is 0 Å². The van der Waals surface area contributed by atoms with Crippen molar-refractivity contribution in [2.75, 3.05) is 6.54 Å². The Balaban J connectivity index is 2.19. The van der Waals surface area contributed by atoms with Gasteiger partial charge in [-0.1, -0.05) is 13.0 Å². The first-order valence-corrected chi connectivity index (χ1v) is 8.36. The fourth-order valence-corrected chi connectivity index (χ4v) is 3.09. The molecule has 0 spiro atoms. The Kier molecular flexibility index (Phi) is 5.69. The standard InChI is InChI=1S/C15H18BrFN2S/c1-3-6-18-15(8-12-9-20-10(2)19-12)11-4-5-14(17)13(16)7-11/h4-5,7,9,15,18H,3,6,8H2,1-2H3. The van der Waals surface area contributed by atoms with Crippen LogP contribution in [-0.4, -0.2) is 11.5 Å². The van der Waals surface area contributed by atoms with Gasteiger partial charge in [-0.05, 0) is 53.5 Å². The summed E-state index contributed by atoms with van der Waals surface area (Å²) in [7, 11) is 0. The lowest BCUT2D eigenvalue weighted by Gasteiger charge is -2.18. The molecule has 1 aromatic carbocycles. The number of aryl methyl sites for hydroxylation is 1. The molecule has 1 N–H and O–H groups in total. The largest absolute Gasteiger partial charge is 0.310 e. The monoisotopic (exact) mass is 356 g/mol. The van der Waals surface area contributed by atoms with E-state index < -0.39 is 0 Å². The number of rotatable bonds is 6. The molecule has 5 heteroatoms. The van der Waals surface area contributed by atoms with E-state index in [4.69, 9.17) is 0 Å². The molecule has 0 amide bonds. The second kappa shape index (κ2) is 7.29. The van der Waals surface area contributed by atoms with Crippen molar-refractivity contribution in [2.24, 2.45) is 0 Å². The normalized spacial score (nSPS) is 12.6. The average molecular weight is 357 g/mol. The zero-order valence-corrected chi connectivity index (χ0v) is 14.0. The van der Waals surface area contributed by atoms with Gasteiger partial charge in [0.25, 0.3) is 0 Å².